The molecule has 21 heavy (non-hydrogen) atoms. The summed E-state index contributed by atoms with van der Waals surface area (Å²) >= 11 is 0. The van der Waals surface area contributed by atoms with Gasteiger partial charge in [-0.3, -0.25) is 9.78 Å². The van der Waals surface area contributed by atoms with Crippen LogP contribution in [0.15, 0.2) is 30.5 Å². The summed E-state index contributed by atoms with van der Waals surface area (Å²) in [7, 11) is 1.87. The van der Waals surface area contributed by atoms with Crippen LogP contribution in [0.3, 0.4) is 0 Å². The number of hydrogen-bond acceptors (Lipinski definition) is 4. The van der Waals surface area contributed by atoms with Crippen molar-refractivity contribution in [2.75, 3.05) is 20.1 Å². The maximum absolute atomic E-state index is 12.6. The molecular weight excluding hydrogens is 264 g/mol. The van der Waals surface area contributed by atoms with Crippen LogP contribution in [0.2, 0.25) is 0 Å². The Balaban J connectivity index is 1.81. The number of carbonyl (C=O) groups is 1. The van der Waals surface area contributed by atoms with Crippen LogP contribution in [-0.4, -0.2) is 47.0 Å². The van der Waals surface area contributed by atoms with E-state index in [-0.39, 0.29) is 11.9 Å². The number of amides is 1. The first kappa shape index (κ1) is 13.9. The molecule has 1 unspecified atom stereocenters. The van der Waals surface area contributed by atoms with Gasteiger partial charge >= 0.3 is 0 Å². The third-order valence-electron chi connectivity index (χ3n) is 4.08. The maximum atomic E-state index is 12.6. The highest BCUT2D eigenvalue weighted by Crippen LogP contribution is 2.15. The highest BCUT2D eigenvalue weighted by molar-refractivity contribution is 5.93. The summed E-state index contributed by atoms with van der Waals surface area (Å²) in [6.45, 7) is 2.00. The molecule has 3 rings (SSSR count). The van der Waals surface area contributed by atoms with Gasteiger partial charge in [0.05, 0.1) is 17.2 Å². The third-order valence-corrected chi connectivity index (χ3v) is 4.08. The predicted octanol–water partition coefficient (Wildman–Crippen LogP) is 1.84. The first-order valence-corrected chi connectivity index (χ1v) is 7.45. The molecule has 0 bridgehead atoms. The summed E-state index contributed by atoms with van der Waals surface area (Å²) < 4.78 is 0. The number of nitrogens with one attached hydrogen (secondary N) is 1. The fourth-order valence-electron chi connectivity index (χ4n) is 2.79. The normalized spacial score (nSPS) is 19.2. The van der Waals surface area contributed by atoms with E-state index >= 15 is 0 Å². The van der Waals surface area contributed by atoms with Gasteiger partial charge in [0.15, 0.2) is 0 Å². The van der Waals surface area contributed by atoms with Crippen LogP contribution in [0.1, 0.15) is 29.8 Å². The molecule has 0 saturated carbocycles. The Hall–Kier alpha value is -2.01. The Labute approximate surface area is 124 Å². The van der Waals surface area contributed by atoms with Gasteiger partial charge in [-0.15, -0.1) is 0 Å². The second kappa shape index (κ2) is 6.18. The number of rotatable bonds is 2. The molecule has 5 nitrogen and oxygen atoms in total. The molecule has 0 spiro atoms. The highest BCUT2D eigenvalue weighted by Gasteiger charge is 2.23. The molecular formula is C16H20N4O. The Morgan fingerprint density at radius 3 is 2.90 bits per heavy atom. The lowest BCUT2D eigenvalue weighted by Gasteiger charge is -2.26. The van der Waals surface area contributed by atoms with Crippen molar-refractivity contribution < 1.29 is 4.79 Å². The Bertz CT molecular complexity index is 635. The van der Waals surface area contributed by atoms with E-state index in [1.54, 1.807) is 6.20 Å². The fourth-order valence-corrected chi connectivity index (χ4v) is 2.79. The summed E-state index contributed by atoms with van der Waals surface area (Å²) in [5.74, 6) is -0.0415. The van der Waals surface area contributed by atoms with Gasteiger partial charge < -0.3 is 10.2 Å². The first-order valence-electron chi connectivity index (χ1n) is 7.45. The Morgan fingerprint density at radius 2 is 2.05 bits per heavy atom. The summed E-state index contributed by atoms with van der Waals surface area (Å²) in [5, 5.41) is 3.37. The van der Waals surface area contributed by atoms with Gasteiger partial charge in [0.1, 0.15) is 5.69 Å². The topological polar surface area (TPSA) is 58.1 Å². The fraction of sp³-hybridized carbons (Fsp3) is 0.438. The summed E-state index contributed by atoms with van der Waals surface area (Å²) in [4.78, 5) is 23.2. The SMILES string of the molecule is CN(C(=O)c1cnc2ccccc2n1)C1CCCNCC1. The van der Waals surface area contributed by atoms with Gasteiger partial charge in [-0.05, 0) is 44.5 Å². The van der Waals surface area contributed by atoms with Gasteiger partial charge in [0.2, 0.25) is 0 Å². The van der Waals surface area contributed by atoms with Crippen LogP contribution in [-0.2, 0) is 0 Å². The van der Waals surface area contributed by atoms with Gasteiger partial charge in [-0.1, -0.05) is 12.1 Å². The van der Waals surface area contributed by atoms with Crippen LogP contribution in [0.5, 0.6) is 0 Å². The molecule has 1 fully saturated rings. The second-order valence-electron chi connectivity index (χ2n) is 5.49. The van der Waals surface area contributed by atoms with E-state index in [1.807, 2.05) is 36.2 Å². The van der Waals surface area contributed by atoms with Gasteiger partial charge in [0, 0.05) is 13.1 Å². The molecule has 1 amide bonds. The summed E-state index contributed by atoms with van der Waals surface area (Å²) in [5.41, 5.74) is 2.00. The van der Waals surface area contributed by atoms with Crippen molar-refractivity contribution in [3.05, 3.63) is 36.2 Å². The van der Waals surface area contributed by atoms with Crippen molar-refractivity contribution in [3.63, 3.8) is 0 Å². The van der Waals surface area contributed by atoms with Gasteiger partial charge in [0.25, 0.3) is 5.91 Å². The minimum absolute atomic E-state index is 0.0415. The van der Waals surface area contributed by atoms with E-state index in [1.165, 1.54) is 0 Å². The molecule has 1 aliphatic heterocycles. The number of fused-ring (bicyclic) bond motifs is 1. The largest absolute Gasteiger partial charge is 0.337 e. The molecule has 2 heterocycles. The maximum Gasteiger partial charge on any atom is 0.274 e. The lowest BCUT2D eigenvalue weighted by Crippen LogP contribution is -2.38. The van der Waals surface area contributed by atoms with E-state index in [4.69, 9.17) is 0 Å². The number of aromatic nitrogens is 2. The molecule has 1 aliphatic rings. The molecule has 1 aromatic carbocycles. The van der Waals surface area contributed by atoms with Crippen molar-refractivity contribution in [3.8, 4) is 0 Å². The monoisotopic (exact) mass is 284 g/mol. The summed E-state index contributed by atoms with van der Waals surface area (Å²) in [6, 6.07) is 7.89. The molecule has 1 saturated heterocycles. The van der Waals surface area contributed by atoms with Crippen molar-refractivity contribution in [1.82, 2.24) is 20.2 Å². The molecule has 0 radical (unpaired) electrons. The molecule has 110 valence electrons. The van der Waals surface area contributed by atoms with Gasteiger partial charge in [-0.25, -0.2) is 4.98 Å². The zero-order chi connectivity index (χ0) is 14.7. The molecule has 1 aromatic heterocycles. The number of carbonyl (C=O) groups excluding carboxylic acids is 1. The lowest BCUT2D eigenvalue weighted by molar-refractivity contribution is 0.0714. The number of hydrogen-bond donors (Lipinski definition) is 1. The standard InChI is InChI=1S/C16H20N4O/c1-20(12-5-4-9-17-10-8-12)16(21)15-11-18-13-6-2-3-7-14(13)19-15/h2-3,6-7,11-12,17H,4-5,8-10H2,1H3. The highest BCUT2D eigenvalue weighted by atomic mass is 16.2. The van der Waals surface area contributed by atoms with Crippen molar-refractivity contribution in [2.24, 2.45) is 0 Å². The van der Waals surface area contributed by atoms with Crippen LogP contribution < -0.4 is 5.32 Å². The Kier molecular flexibility index (Phi) is 4.10. The first-order chi connectivity index (χ1) is 10.3. The third kappa shape index (κ3) is 3.03. The molecule has 1 N–H and O–H groups in total. The smallest absolute Gasteiger partial charge is 0.274 e. The van der Waals surface area contributed by atoms with Crippen LogP contribution in [0.4, 0.5) is 0 Å². The molecule has 0 aliphatic carbocycles. The van der Waals surface area contributed by atoms with Gasteiger partial charge in [-0.2, -0.15) is 0 Å². The van der Waals surface area contributed by atoms with Crippen molar-refractivity contribution in [2.45, 2.75) is 25.3 Å². The predicted molar refractivity (Wildman–Crippen MR) is 82.1 cm³/mol. The number of benzene rings is 1. The van der Waals surface area contributed by atoms with Crippen LogP contribution >= 0.6 is 0 Å². The zero-order valence-corrected chi connectivity index (χ0v) is 12.2. The van der Waals surface area contributed by atoms with Crippen molar-refractivity contribution >= 4 is 16.9 Å². The quantitative estimate of drug-likeness (QED) is 0.914. The second-order valence-corrected chi connectivity index (χ2v) is 5.49. The lowest BCUT2D eigenvalue weighted by atomic mass is 10.1. The van der Waals surface area contributed by atoms with E-state index < -0.39 is 0 Å². The van der Waals surface area contributed by atoms with E-state index in [9.17, 15) is 4.79 Å². The summed E-state index contributed by atoms with van der Waals surface area (Å²) in [6.07, 6.45) is 4.71. The molecule has 2 aromatic rings. The molecule has 1 atom stereocenters. The number of para-hydroxylation sites is 2. The average molecular weight is 284 g/mol. The van der Waals surface area contributed by atoms with E-state index in [0.717, 1.165) is 43.4 Å². The zero-order valence-electron chi connectivity index (χ0n) is 12.2. The number of nitrogens with zero attached hydrogens (tertiary/aromatic N) is 3. The van der Waals surface area contributed by atoms with E-state index in [2.05, 4.69) is 15.3 Å². The molecule has 5 heteroatoms. The van der Waals surface area contributed by atoms with Crippen LogP contribution in [0, 0.1) is 0 Å². The van der Waals surface area contributed by atoms with Crippen LogP contribution in [0.25, 0.3) is 11.0 Å². The minimum atomic E-state index is -0.0415. The van der Waals surface area contributed by atoms with E-state index in [0.29, 0.717) is 5.69 Å². The Morgan fingerprint density at radius 1 is 1.24 bits per heavy atom. The average Bonchev–Trinajstić information content (AvgIpc) is 2.82. The minimum Gasteiger partial charge on any atom is -0.337 e. The van der Waals surface area contributed by atoms with Crippen molar-refractivity contribution in [1.29, 1.82) is 0 Å².